The highest BCUT2D eigenvalue weighted by Gasteiger charge is 2.29. The van der Waals surface area contributed by atoms with E-state index in [1.165, 1.54) is 108 Å². The monoisotopic (exact) mass is 824 g/mol. The molecule has 1 aliphatic carbocycles. The van der Waals surface area contributed by atoms with E-state index in [0.717, 1.165) is 16.9 Å². The van der Waals surface area contributed by atoms with Gasteiger partial charge in [0, 0.05) is 31.0 Å². The van der Waals surface area contributed by atoms with Gasteiger partial charge in [0.15, 0.2) is 0 Å². The van der Waals surface area contributed by atoms with Crippen LogP contribution < -0.4 is 9.80 Å². The Kier molecular flexibility index (Phi) is 7.96. The lowest BCUT2D eigenvalue weighted by molar-refractivity contribution is 1.17. The Morgan fingerprint density at radius 1 is 0.306 bits per heavy atom. The highest BCUT2D eigenvalue weighted by molar-refractivity contribution is 8.00. The molecular weight excluding hydrogens is 789 g/mol. The first-order valence-corrected chi connectivity index (χ1v) is 22.7. The Morgan fingerprint density at radius 2 is 0.726 bits per heavy atom. The van der Waals surface area contributed by atoms with Crippen molar-refractivity contribution in [2.24, 2.45) is 0 Å². The maximum absolute atomic E-state index is 4.64. The second-order valence-corrected chi connectivity index (χ2v) is 18.3. The van der Waals surface area contributed by atoms with Gasteiger partial charge in [0.25, 0.3) is 0 Å². The van der Waals surface area contributed by atoms with Crippen molar-refractivity contribution in [2.75, 3.05) is 9.80 Å². The summed E-state index contributed by atoms with van der Waals surface area (Å²) in [6.45, 7) is 4.64. The molecule has 0 aromatic heterocycles. The third-order valence-corrected chi connectivity index (χ3v) is 15.0. The van der Waals surface area contributed by atoms with E-state index < -0.39 is 0 Å². The van der Waals surface area contributed by atoms with Crippen molar-refractivity contribution in [3.05, 3.63) is 224 Å². The van der Waals surface area contributed by atoms with Crippen molar-refractivity contribution in [3.63, 3.8) is 0 Å². The molecule has 2 nitrogen and oxygen atoms in total. The molecule has 290 valence electrons. The third kappa shape index (κ3) is 5.34. The normalized spacial score (nSPS) is 13.3. The number of anilines is 6. The number of rotatable bonds is 4. The molecule has 0 saturated carbocycles. The Morgan fingerprint density at radius 3 is 1.24 bits per heavy atom. The van der Waals surface area contributed by atoms with Gasteiger partial charge in [-0.2, -0.15) is 0 Å². The van der Waals surface area contributed by atoms with E-state index in [1.807, 2.05) is 23.5 Å². The van der Waals surface area contributed by atoms with Gasteiger partial charge >= 0.3 is 0 Å². The minimum absolute atomic E-state index is 1.08. The molecule has 0 N–H and O–H groups in total. The predicted octanol–water partition coefficient (Wildman–Crippen LogP) is 17.2. The summed E-state index contributed by atoms with van der Waals surface area (Å²) in [5, 5.41) is 4.84. The van der Waals surface area contributed by atoms with Gasteiger partial charge in [0.1, 0.15) is 0 Å². The van der Waals surface area contributed by atoms with E-state index in [0.29, 0.717) is 0 Å². The zero-order chi connectivity index (χ0) is 40.9. The molecular formula is C58H36N2S2. The van der Waals surface area contributed by atoms with E-state index in [-0.39, 0.29) is 0 Å². The van der Waals surface area contributed by atoms with Crippen molar-refractivity contribution < 1.29 is 0 Å². The van der Waals surface area contributed by atoms with Gasteiger partial charge in [-0.3, -0.25) is 0 Å². The van der Waals surface area contributed by atoms with Gasteiger partial charge in [-0.05, 0) is 150 Å². The van der Waals surface area contributed by atoms with Gasteiger partial charge in [-0.25, -0.2) is 0 Å². The number of nitrogens with zero attached hydrogens (tertiary/aromatic N) is 2. The van der Waals surface area contributed by atoms with Crippen LogP contribution in [0.15, 0.2) is 232 Å². The zero-order valence-electron chi connectivity index (χ0n) is 33.5. The van der Waals surface area contributed by atoms with Crippen molar-refractivity contribution in [2.45, 2.75) is 19.6 Å². The quantitative estimate of drug-likeness (QED) is 0.163. The fourth-order valence-corrected chi connectivity index (χ4v) is 12.1. The van der Waals surface area contributed by atoms with Crippen LogP contribution in [-0.4, -0.2) is 0 Å². The molecule has 0 bridgehead atoms. The lowest BCUT2D eigenvalue weighted by Crippen LogP contribution is -2.15. The minimum atomic E-state index is 1.08. The molecule has 2 aliphatic heterocycles. The van der Waals surface area contributed by atoms with Crippen LogP contribution in [0.3, 0.4) is 0 Å². The molecule has 0 atom stereocenters. The van der Waals surface area contributed by atoms with E-state index in [9.17, 15) is 0 Å². The molecule has 62 heavy (non-hydrogen) atoms. The van der Waals surface area contributed by atoms with Crippen LogP contribution >= 0.6 is 23.5 Å². The van der Waals surface area contributed by atoms with Crippen molar-refractivity contribution >= 4 is 84.8 Å². The number of benzene rings is 10. The lowest BCUT2D eigenvalue weighted by atomic mass is 9.84. The van der Waals surface area contributed by atoms with Gasteiger partial charge in [0.05, 0.1) is 22.7 Å². The van der Waals surface area contributed by atoms with E-state index in [1.54, 1.807) is 0 Å². The standard InChI is InChI=1S/C58H36N2S2/c1-36-41-17-5-6-18-42(41)43-30-27-38(33-46(36)43)58-44-31-28-39(59-49-19-7-11-23-53(49)61-54-24-12-8-20-50(54)59)34-47(44)57(37-15-3-2-4-16-37)48-35-40(29-32-45(48)58)60-51-21-9-13-25-55(51)62-56-26-14-10-22-52(56)60/h2-35H,1H2. The maximum atomic E-state index is 4.64. The van der Waals surface area contributed by atoms with Crippen molar-refractivity contribution in [1.82, 2.24) is 0 Å². The van der Waals surface area contributed by atoms with E-state index in [2.05, 4.69) is 223 Å². The van der Waals surface area contributed by atoms with Crippen LogP contribution in [0.4, 0.5) is 34.1 Å². The maximum Gasteiger partial charge on any atom is 0.0601 e. The SMILES string of the molecule is C=C1c2ccccc2-c2ccc(-c3c4ccc(N5c6ccccc6Sc6ccccc65)cc4c(-c4ccccc4)c4cc(N5c6ccccc6Sc6ccccc65)ccc34)cc21. The van der Waals surface area contributed by atoms with Crippen LogP contribution in [0.25, 0.3) is 60.5 Å². The first-order chi connectivity index (χ1) is 30.7. The summed E-state index contributed by atoms with van der Waals surface area (Å²) in [4.78, 5) is 9.89. The Bertz CT molecular complexity index is 3270. The smallest absolute Gasteiger partial charge is 0.0601 e. The highest BCUT2D eigenvalue weighted by Crippen LogP contribution is 2.56. The lowest BCUT2D eigenvalue weighted by Gasteiger charge is -2.34. The first kappa shape index (κ1) is 35.5. The van der Waals surface area contributed by atoms with Crippen LogP contribution in [0.5, 0.6) is 0 Å². The summed E-state index contributed by atoms with van der Waals surface area (Å²) in [6.07, 6.45) is 0. The molecule has 0 spiro atoms. The fraction of sp³-hybridized carbons (Fsp3) is 0. The Balaban J connectivity index is 1.13. The van der Waals surface area contributed by atoms with Crippen LogP contribution in [0.1, 0.15) is 11.1 Å². The van der Waals surface area contributed by atoms with Gasteiger partial charge < -0.3 is 9.80 Å². The average Bonchev–Trinajstić information content (AvgIpc) is 3.61. The summed E-state index contributed by atoms with van der Waals surface area (Å²) in [6, 6.07) is 76.1. The highest BCUT2D eigenvalue weighted by atomic mass is 32.2. The summed E-state index contributed by atoms with van der Waals surface area (Å²) in [7, 11) is 0. The van der Waals surface area contributed by atoms with Crippen LogP contribution in [0, 0.1) is 0 Å². The third-order valence-electron chi connectivity index (χ3n) is 12.7. The van der Waals surface area contributed by atoms with Crippen molar-refractivity contribution in [1.29, 1.82) is 0 Å². The van der Waals surface area contributed by atoms with Gasteiger partial charge in [-0.15, -0.1) is 0 Å². The van der Waals surface area contributed by atoms with Crippen LogP contribution in [0.2, 0.25) is 0 Å². The average molecular weight is 825 g/mol. The Hall–Kier alpha value is -7.24. The molecule has 13 rings (SSSR count). The number of hydrogen-bond donors (Lipinski definition) is 0. The number of fused-ring (bicyclic) bond motifs is 9. The molecule has 2 heterocycles. The predicted molar refractivity (Wildman–Crippen MR) is 264 cm³/mol. The Labute approximate surface area is 369 Å². The number of hydrogen-bond acceptors (Lipinski definition) is 4. The second-order valence-electron chi connectivity index (χ2n) is 16.1. The topological polar surface area (TPSA) is 6.48 Å². The summed E-state index contributed by atoms with van der Waals surface area (Å²) in [5.41, 5.74) is 17.8. The van der Waals surface area contributed by atoms with E-state index in [4.69, 9.17) is 0 Å². The summed E-state index contributed by atoms with van der Waals surface area (Å²) < 4.78 is 0. The molecule has 0 saturated heterocycles. The second kappa shape index (κ2) is 13.9. The zero-order valence-corrected chi connectivity index (χ0v) is 35.2. The molecule has 10 aromatic rings. The largest absolute Gasteiger partial charge is 0.308 e. The molecule has 0 radical (unpaired) electrons. The molecule has 0 unspecified atom stereocenters. The molecule has 4 heteroatoms. The summed E-state index contributed by atoms with van der Waals surface area (Å²) >= 11 is 3.68. The van der Waals surface area contributed by atoms with Crippen LogP contribution in [-0.2, 0) is 0 Å². The summed E-state index contributed by atoms with van der Waals surface area (Å²) in [5.74, 6) is 0. The molecule has 0 amide bonds. The van der Waals surface area contributed by atoms with E-state index >= 15 is 0 Å². The minimum Gasteiger partial charge on any atom is -0.308 e. The molecule has 10 aromatic carbocycles. The molecule has 3 aliphatic rings. The van der Waals surface area contributed by atoms with Gasteiger partial charge in [-0.1, -0.05) is 157 Å². The molecule has 0 fully saturated rings. The van der Waals surface area contributed by atoms with Gasteiger partial charge in [0.2, 0.25) is 0 Å². The number of para-hydroxylation sites is 4. The first-order valence-electron chi connectivity index (χ1n) is 21.0. The fourth-order valence-electron chi connectivity index (χ4n) is 9.99. The van der Waals surface area contributed by atoms with Crippen molar-refractivity contribution in [3.8, 4) is 33.4 Å².